The predicted molar refractivity (Wildman–Crippen MR) is 134 cm³/mol. The summed E-state index contributed by atoms with van der Waals surface area (Å²) in [6.45, 7) is -2.72. The van der Waals surface area contributed by atoms with Crippen LogP contribution in [0.4, 0.5) is 0 Å². The summed E-state index contributed by atoms with van der Waals surface area (Å²) in [5.74, 6) is -1.73. The maximum atomic E-state index is 11.4. The maximum Gasteiger partial charge on any atom is 0.335 e. The molecule has 0 aromatic carbocycles. The van der Waals surface area contributed by atoms with Gasteiger partial charge in [0.1, 0.15) is 91.6 Å². The van der Waals surface area contributed by atoms with E-state index in [2.05, 4.69) is 0 Å². The Morgan fingerprint density at radius 1 is 0.457 bits per heavy atom. The fourth-order valence-corrected chi connectivity index (χ4v) is 5.53. The zero-order chi connectivity index (χ0) is 34.2. The fraction of sp³-hybridized carbons (Fsp3) is 0.958. The number of aliphatic carboxylic acids is 1. The van der Waals surface area contributed by atoms with Crippen molar-refractivity contribution in [1.29, 1.82) is 0 Å². The first-order valence-electron chi connectivity index (χ1n) is 14.1. The SMILES string of the molecule is O=C(O)C1O[C@@H](O[C@@H]2C(CO)O[C@@H](O[C@@H]3C(CO)O[C@H](O[C@H]4C(CO)O[C@H](O)C(O)C4O)C(O)C3O)C(O)C2O)C(O)C(O)[C@@H]1O. The van der Waals surface area contributed by atoms with Gasteiger partial charge in [0.25, 0.3) is 0 Å². The highest BCUT2D eigenvalue weighted by molar-refractivity contribution is 5.73. The van der Waals surface area contributed by atoms with E-state index < -0.39 is 149 Å². The largest absolute Gasteiger partial charge is 0.479 e. The number of ether oxygens (including phenoxy) is 7. The highest BCUT2D eigenvalue weighted by Gasteiger charge is 2.55. The van der Waals surface area contributed by atoms with Gasteiger partial charge in [0.05, 0.1) is 19.8 Å². The molecule has 12 unspecified atom stereocenters. The molecule has 0 bridgehead atoms. The van der Waals surface area contributed by atoms with Crippen molar-refractivity contribution in [3.63, 3.8) is 0 Å². The number of carboxylic acids is 1. The van der Waals surface area contributed by atoms with E-state index in [0.29, 0.717) is 0 Å². The van der Waals surface area contributed by atoms with Crippen molar-refractivity contribution in [1.82, 2.24) is 0 Å². The first kappa shape index (κ1) is 37.5. The van der Waals surface area contributed by atoms with E-state index in [4.69, 9.17) is 33.2 Å². The van der Waals surface area contributed by atoms with Crippen molar-refractivity contribution in [2.75, 3.05) is 19.8 Å². The number of hydrogen-bond acceptors (Lipinski definition) is 21. The molecule has 14 N–H and O–H groups in total. The standard InChI is InChI=1S/C24H40O22/c25-1-4-16(9(30)12(33)21(39)40-4)43-22-14(35)10(31)17(5(2-26)41-22)44-23-15(36)11(32)18(6(3-27)42-23)45-24-13(34)7(28)8(29)19(46-24)20(37)38/h4-19,21-36,39H,1-3H2,(H,37,38)/t4?,5?,6?,7?,8-,9?,10?,11?,12?,13?,14?,15?,16-,17+,18+,19?,21-,22+,23-,24+/m0/s1. The van der Waals surface area contributed by atoms with E-state index in [-0.39, 0.29) is 0 Å². The summed E-state index contributed by atoms with van der Waals surface area (Å²) in [4.78, 5) is 11.4. The molecule has 46 heavy (non-hydrogen) atoms. The molecule has 0 radical (unpaired) electrons. The number of rotatable bonds is 10. The maximum absolute atomic E-state index is 11.4. The summed E-state index contributed by atoms with van der Waals surface area (Å²) in [6, 6.07) is 0. The minimum Gasteiger partial charge on any atom is -0.479 e. The Bertz CT molecular complexity index is 986. The molecule has 0 aromatic heterocycles. The molecule has 0 aromatic rings. The Kier molecular flexibility index (Phi) is 12.6. The smallest absolute Gasteiger partial charge is 0.335 e. The van der Waals surface area contributed by atoms with Crippen LogP contribution < -0.4 is 0 Å². The molecule has 4 saturated heterocycles. The zero-order valence-corrected chi connectivity index (χ0v) is 23.7. The monoisotopic (exact) mass is 680 g/mol. The molecule has 22 heteroatoms. The lowest BCUT2D eigenvalue weighted by molar-refractivity contribution is -0.386. The Morgan fingerprint density at radius 3 is 1.20 bits per heavy atom. The summed E-state index contributed by atoms with van der Waals surface area (Å²) in [5, 5.41) is 142. The van der Waals surface area contributed by atoms with Crippen molar-refractivity contribution in [2.45, 2.75) is 123 Å². The van der Waals surface area contributed by atoms with Gasteiger partial charge < -0.3 is 105 Å². The van der Waals surface area contributed by atoms with Gasteiger partial charge in [0.2, 0.25) is 0 Å². The summed E-state index contributed by atoms with van der Waals surface area (Å²) >= 11 is 0. The number of carbonyl (C=O) groups is 1. The van der Waals surface area contributed by atoms with E-state index in [1.165, 1.54) is 0 Å². The molecule has 4 aliphatic heterocycles. The van der Waals surface area contributed by atoms with Crippen molar-refractivity contribution in [3.05, 3.63) is 0 Å². The van der Waals surface area contributed by atoms with Crippen LogP contribution in [-0.4, -0.2) is 220 Å². The Labute approximate surface area is 258 Å². The van der Waals surface area contributed by atoms with Crippen molar-refractivity contribution < 1.29 is 109 Å². The second-order valence-corrected chi connectivity index (χ2v) is 11.2. The molecule has 22 nitrogen and oxygen atoms in total. The van der Waals surface area contributed by atoms with Gasteiger partial charge in [0, 0.05) is 0 Å². The molecule has 0 spiro atoms. The van der Waals surface area contributed by atoms with E-state index in [9.17, 15) is 76.3 Å². The predicted octanol–water partition coefficient (Wildman–Crippen LogP) is -9.66. The second kappa shape index (κ2) is 15.5. The van der Waals surface area contributed by atoms with Crippen molar-refractivity contribution in [2.24, 2.45) is 0 Å². The van der Waals surface area contributed by atoms with Crippen LogP contribution in [0.5, 0.6) is 0 Å². The van der Waals surface area contributed by atoms with Crippen LogP contribution in [-0.2, 0) is 38.0 Å². The van der Waals surface area contributed by atoms with Crippen molar-refractivity contribution in [3.8, 4) is 0 Å². The van der Waals surface area contributed by atoms with Gasteiger partial charge in [-0.25, -0.2) is 4.79 Å². The van der Waals surface area contributed by atoms with Gasteiger partial charge in [-0.15, -0.1) is 0 Å². The van der Waals surface area contributed by atoms with Crippen LogP contribution in [0.15, 0.2) is 0 Å². The molecule has 4 aliphatic rings. The van der Waals surface area contributed by atoms with E-state index >= 15 is 0 Å². The quantitative estimate of drug-likeness (QED) is 0.102. The summed E-state index contributed by atoms with van der Waals surface area (Å²) in [5.41, 5.74) is 0. The average molecular weight is 681 g/mol. The van der Waals surface area contributed by atoms with Crippen LogP contribution >= 0.6 is 0 Å². The van der Waals surface area contributed by atoms with Crippen LogP contribution in [0.25, 0.3) is 0 Å². The van der Waals surface area contributed by atoms with Crippen LogP contribution in [0.1, 0.15) is 0 Å². The zero-order valence-electron chi connectivity index (χ0n) is 23.7. The van der Waals surface area contributed by atoms with Crippen LogP contribution in [0.3, 0.4) is 0 Å². The van der Waals surface area contributed by atoms with Gasteiger partial charge in [-0.3, -0.25) is 0 Å². The first-order chi connectivity index (χ1) is 21.7. The normalized spacial score (nSPS) is 51.9. The molecule has 268 valence electrons. The third-order valence-electron chi connectivity index (χ3n) is 8.17. The number of aliphatic hydroxyl groups is 13. The Hall–Kier alpha value is -1.33. The third-order valence-corrected chi connectivity index (χ3v) is 8.17. The molecule has 0 saturated carbocycles. The average Bonchev–Trinajstić information content (AvgIpc) is 3.03. The molecule has 20 atom stereocenters. The van der Waals surface area contributed by atoms with E-state index in [0.717, 1.165) is 0 Å². The topological polar surface area (TPSA) is 365 Å². The van der Waals surface area contributed by atoms with Gasteiger partial charge in [0.15, 0.2) is 31.3 Å². The van der Waals surface area contributed by atoms with E-state index in [1.54, 1.807) is 0 Å². The lowest BCUT2D eigenvalue weighted by Gasteiger charge is -2.48. The second-order valence-electron chi connectivity index (χ2n) is 11.2. The fourth-order valence-electron chi connectivity index (χ4n) is 5.53. The molecular formula is C24H40O22. The Morgan fingerprint density at radius 2 is 0.804 bits per heavy atom. The first-order valence-corrected chi connectivity index (χ1v) is 14.1. The van der Waals surface area contributed by atoms with Gasteiger partial charge in [-0.2, -0.15) is 0 Å². The van der Waals surface area contributed by atoms with Crippen LogP contribution in [0.2, 0.25) is 0 Å². The molecule has 4 fully saturated rings. The van der Waals surface area contributed by atoms with Gasteiger partial charge >= 0.3 is 5.97 Å². The molecule has 0 amide bonds. The lowest BCUT2D eigenvalue weighted by Crippen LogP contribution is -2.67. The Balaban J connectivity index is 1.44. The summed E-state index contributed by atoms with van der Waals surface area (Å²) in [7, 11) is 0. The number of aliphatic hydroxyl groups excluding tert-OH is 13. The molecule has 4 rings (SSSR count). The summed E-state index contributed by atoms with van der Waals surface area (Å²) < 4.78 is 37.2. The highest BCUT2D eigenvalue weighted by atomic mass is 16.8. The third kappa shape index (κ3) is 7.31. The lowest BCUT2D eigenvalue weighted by atomic mass is 9.95. The van der Waals surface area contributed by atoms with Crippen molar-refractivity contribution >= 4 is 5.97 Å². The minimum absolute atomic E-state index is 0.823. The molecule has 4 heterocycles. The minimum atomic E-state index is -2.09. The highest BCUT2D eigenvalue weighted by Crippen LogP contribution is 2.34. The number of hydrogen-bond donors (Lipinski definition) is 14. The van der Waals surface area contributed by atoms with Gasteiger partial charge in [-0.05, 0) is 0 Å². The molecular weight excluding hydrogens is 640 g/mol. The number of carboxylic acid groups (broad SMARTS) is 1. The van der Waals surface area contributed by atoms with Crippen LogP contribution in [0, 0.1) is 0 Å². The summed E-state index contributed by atoms with van der Waals surface area (Å²) in [6.07, 6.45) is -37.7. The van der Waals surface area contributed by atoms with Gasteiger partial charge in [-0.1, -0.05) is 0 Å². The molecule has 0 aliphatic carbocycles. The van der Waals surface area contributed by atoms with E-state index in [1.807, 2.05) is 0 Å².